The highest BCUT2D eigenvalue weighted by molar-refractivity contribution is 5.92. The summed E-state index contributed by atoms with van der Waals surface area (Å²) in [6.45, 7) is 3.66. The minimum absolute atomic E-state index is 0.181. The van der Waals surface area contributed by atoms with Crippen LogP contribution in [0.5, 0.6) is 0 Å². The maximum Gasteiger partial charge on any atom is 0.226 e. The zero-order valence-corrected chi connectivity index (χ0v) is 10.8. The molecule has 0 atom stereocenters. The molecule has 1 aromatic rings. The van der Waals surface area contributed by atoms with Gasteiger partial charge < -0.3 is 10.6 Å². The van der Waals surface area contributed by atoms with Crippen LogP contribution < -0.4 is 10.6 Å². The Morgan fingerprint density at radius 2 is 1.94 bits per heavy atom. The average Bonchev–Trinajstić information content (AvgIpc) is 2.27. The van der Waals surface area contributed by atoms with Crippen LogP contribution in [0.25, 0.3) is 0 Å². The zero-order chi connectivity index (χ0) is 13.9. The number of hydrogen-bond acceptors (Lipinski definition) is 2. The van der Waals surface area contributed by atoms with Crippen molar-refractivity contribution in [1.29, 1.82) is 0 Å². The average molecular weight is 256 g/mol. The van der Waals surface area contributed by atoms with Crippen molar-refractivity contribution >= 4 is 11.6 Å². The molecule has 0 radical (unpaired) electrons. The van der Waals surface area contributed by atoms with E-state index in [0.29, 0.717) is 12.1 Å². The minimum Gasteiger partial charge on any atom is -0.326 e. The molecular formula is C13H18F2N2O. The van der Waals surface area contributed by atoms with Gasteiger partial charge in [-0.05, 0) is 32.4 Å². The fraction of sp³-hybridized carbons (Fsp3) is 0.462. The van der Waals surface area contributed by atoms with E-state index in [-0.39, 0.29) is 12.3 Å². The third-order valence-corrected chi connectivity index (χ3v) is 2.65. The third kappa shape index (κ3) is 4.07. The van der Waals surface area contributed by atoms with Gasteiger partial charge in [0.05, 0.1) is 0 Å². The van der Waals surface area contributed by atoms with Crippen LogP contribution in [0.1, 0.15) is 26.7 Å². The molecular weight excluding hydrogens is 238 g/mol. The molecule has 100 valence electrons. The van der Waals surface area contributed by atoms with Crippen LogP contribution >= 0.6 is 0 Å². The van der Waals surface area contributed by atoms with E-state index in [1.807, 2.05) is 13.8 Å². The van der Waals surface area contributed by atoms with Crippen molar-refractivity contribution in [2.45, 2.75) is 32.2 Å². The molecule has 0 spiro atoms. The monoisotopic (exact) mass is 256 g/mol. The lowest BCUT2D eigenvalue weighted by molar-refractivity contribution is -0.118. The first-order valence-corrected chi connectivity index (χ1v) is 5.71. The van der Waals surface area contributed by atoms with Gasteiger partial charge in [-0.3, -0.25) is 4.79 Å². The van der Waals surface area contributed by atoms with Crippen LogP contribution in [0, 0.1) is 11.6 Å². The van der Waals surface area contributed by atoms with E-state index < -0.39 is 17.2 Å². The summed E-state index contributed by atoms with van der Waals surface area (Å²) in [6.07, 6.45) is 0.791. The van der Waals surface area contributed by atoms with E-state index in [2.05, 4.69) is 0 Å². The first-order valence-electron chi connectivity index (χ1n) is 5.71. The minimum atomic E-state index is -0.966. The highest BCUT2D eigenvalue weighted by Gasteiger charge is 2.17. The molecule has 0 bridgehead atoms. The molecule has 1 amide bonds. The standard InChI is InChI=1S/C13H18F2N2O/c1-13(2,16)7-6-12(18)17(3)9-4-5-10(14)11(15)8-9/h4-5,8H,6-7,16H2,1-3H3. The molecule has 0 fully saturated rings. The number of anilines is 1. The Labute approximate surface area is 106 Å². The fourth-order valence-electron chi connectivity index (χ4n) is 1.43. The van der Waals surface area contributed by atoms with Gasteiger partial charge in [-0.25, -0.2) is 8.78 Å². The van der Waals surface area contributed by atoms with E-state index in [1.54, 1.807) is 0 Å². The summed E-state index contributed by atoms with van der Waals surface area (Å²) in [5, 5.41) is 0. The van der Waals surface area contributed by atoms with Gasteiger partial charge >= 0.3 is 0 Å². The molecule has 0 saturated heterocycles. The van der Waals surface area contributed by atoms with Crippen molar-refractivity contribution in [2.75, 3.05) is 11.9 Å². The van der Waals surface area contributed by atoms with Gasteiger partial charge in [0.15, 0.2) is 11.6 Å². The van der Waals surface area contributed by atoms with Crippen LogP contribution in [-0.2, 0) is 4.79 Å². The van der Waals surface area contributed by atoms with E-state index >= 15 is 0 Å². The van der Waals surface area contributed by atoms with Crippen molar-refractivity contribution in [1.82, 2.24) is 0 Å². The molecule has 18 heavy (non-hydrogen) atoms. The topological polar surface area (TPSA) is 46.3 Å². The second kappa shape index (κ2) is 5.44. The first kappa shape index (κ1) is 14.6. The van der Waals surface area contributed by atoms with Crippen molar-refractivity contribution in [2.24, 2.45) is 5.73 Å². The highest BCUT2D eigenvalue weighted by Crippen LogP contribution is 2.18. The molecule has 1 rings (SSSR count). The van der Waals surface area contributed by atoms with E-state index in [9.17, 15) is 13.6 Å². The normalized spacial score (nSPS) is 11.4. The van der Waals surface area contributed by atoms with Crippen LogP contribution in [0.3, 0.4) is 0 Å². The molecule has 0 aliphatic heterocycles. The predicted molar refractivity (Wildman–Crippen MR) is 67.3 cm³/mol. The molecule has 5 heteroatoms. The van der Waals surface area contributed by atoms with Crippen molar-refractivity contribution in [3.05, 3.63) is 29.8 Å². The zero-order valence-electron chi connectivity index (χ0n) is 10.8. The van der Waals surface area contributed by atoms with Crippen molar-refractivity contribution < 1.29 is 13.6 Å². The molecule has 1 aromatic carbocycles. The predicted octanol–water partition coefficient (Wildman–Crippen LogP) is 2.45. The third-order valence-electron chi connectivity index (χ3n) is 2.65. The van der Waals surface area contributed by atoms with Gasteiger partial charge in [0.2, 0.25) is 5.91 Å². The number of amides is 1. The summed E-state index contributed by atoms with van der Waals surface area (Å²) in [5.41, 5.74) is 5.69. The van der Waals surface area contributed by atoms with Gasteiger partial charge in [-0.1, -0.05) is 0 Å². The second-order valence-electron chi connectivity index (χ2n) is 5.04. The number of nitrogens with two attached hydrogens (primary N) is 1. The number of nitrogens with zero attached hydrogens (tertiary/aromatic N) is 1. The Balaban J connectivity index is 2.71. The maximum atomic E-state index is 13.0. The van der Waals surface area contributed by atoms with Crippen LogP contribution in [-0.4, -0.2) is 18.5 Å². The van der Waals surface area contributed by atoms with Gasteiger partial charge in [-0.15, -0.1) is 0 Å². The van der Waals surface area contributed by atoms with E-state index in [0.717, 1.165) is 12.1 Å². The number of halogens is 2. The number of rotatable bonds is 4. The molecule has 3 nitrogen and oxygen atoms in total. The summed E-state index contributed by atoms with van der Waals surface area (Å²) in [4.78, 5) is 13.1. The number of carbonyl (C=O) groups is 1. The summed E-state index contributed by atoms with van der Waals surface area (Å²) >= 11 is 0. The van der Waals surface area contributed by atoms with Crippen molar-refractivity contribution in [3.8, 4) is 0 Å². The number of benzene rings is 1. The maximum absolute atomic E-state index is 13.0. The summed E-state index contributed by atoms with van der Waals surface area (Å²) in [6, 6.07) is 3.37. The van der Waals surface area contributed by atoms with Gasteiger partial charge in [-0.2, -0.15) is 0 Å². The first-order chi connectivity index (χ1) is 8.20. The number of carbonyl (C=O) groups excluding carboxylic acids is 1. The fourth-order valence-corrected chi connectivity index (χ4v) is 1.43. The Bertz CT molecular complexity index is 441. The second-order valence-corrected chi connectivity index (χ2v) is 5.04. The Hall–Kier alpha value is -1.49. The summed E-state index contributed by atoms with van der Waals surface area (Å²) < 4.78 is 25.8. The smallest absolute Gasteiger partial charge is 0.226 e. The van der Waals surface area contributed by atoms with Gasteiger partial charge in [0.25, 0.3) is 0 Å². The molecule has 0 aliphatic rings. The molecule has 2 N–H and O–H groups in total. The SMILES string of the molecule is CN(C(=O)CCC(C)(C)N)c1ccc(F)c(F)c1. The molecule has 0 saturated carbocycles. The van der Waals surface area contributed by atoms with E-state index in [1.165, 1.54) is 18.0 Å². The highest BCUT2D eigenvalue weighted by atomic mass is 19.2. The lowest BCUT2D eigenvalue weighted by Gasteiger charge is -2.21. The van der Waals surface area contributed by atoms with Gasteiger partial charge in [0, 0.05) is 30.8 Å². The lowest BCUT2D eigenvalue weighted by Crippen LogP contribution is -2.35. The molecule has 0 unspecified atom stereocenters. The largest absolute Gasteiger partial charge is 0.326 e. The summed E-state index contributed by atoms with van der Waals surface area (Å²) in [7, 11) is 1.53. The van der Waals surface area contributed by atoms with Crippen LogP contribution in [0.2, 0.25) is 0 Å². The number of hydrogen-bond donors (Lipinski definition) is 1. The lowest BCUT2D eigenvalue weighted by atomic mass is 10.00. The van der Waals surface area contributed by atoms with Crippen molar-refractivity contribution in [3.63, 3.8) is 0 Å². The molecule has 0 heterocycles. The van der Waals surface area contributed by atoms with Crippen LogP contribution in [0.15, 0.2) is 18.2 Å². The van der Waals surface area contributed by atoms with E-state index in [4.69, 9.17) is 5.73 Å². The Morgan fingerprint density at radius 1 is 1.33 bits per heavy atom. The quantitative estimate of drug-likeness (QED) is 0.899. The molecule has 0 aliphatic carbocycles. The van der Waals surface area contributed by atoms with Crippen LogP contribution in [0.4, 0.5) is 14.5 Å². The Kier molecular flexibility index (Phi) is 4.40. The molecule has 0 aromatic heterocycles. The Morgan fingerprint density at radius 3 is 2.44 bits per heavy atom. The van der Waals surface area contributed by atoms with Gasteiger partial charge in [0.1, 0.15) is 0 Å². The summed E-state index contributed by atoms with van der Waals surface area (Å²) in [5.74, 6) is -2.08.